The van der Waals surface area contributed by atoms with Gasteiger partial charge >= 0.3 is 12.1 Å². The number of hydrogen-bond acceptors (Lipinski definition) is 4. The lowest BCUT2D eigenvalue weighted by Gasteiger charge is -2.21. The van der Waals surface area contributed by atoms with E-state index in [2.05, 4.69) is 21.3 Å². The van der Waals surface area contributed by atoms with Gasteiger partial charge in [-0.1, -0.05) is 12.1 Å². The van der Waals surface area contributed by atoms with Crippen LogP contribution in [0.4, 0.5) is 24.5 Å². The number of hydrogen-bond donors (Lipinski definition) is 3. The molecule has 3 N–H and O–H groups in total. The van der Waals surface area contributed by atoms with Gasteiger partial charge in [0.25, 0.3) is 5.91 Å². The highest BCUT2D eigenvalue weighted by Gasteiger charge is 2.38. The van der Waals surface area contributed by atoms with Crippen molar-refractivity contribution >= 4 is 34.2 Å². The SMILES string of the molecule is COc1ccc2[nH]c(C(=O)Nc3ccccc3N3CCCC3)cc2c1.O=C(O)C(F)(F)F. The first-order chi connectivity index (χ1) is 15.2. The smallest absolute Gasteiger partial charge is 0.490 e. The molecule has 32 heavy (non-hydrogen) atoms. The summed E-state index contributed by atoms with van der Waals surface area (Å²) >= 11 is 0. The standard InChI is InChI=1S/C20H21N3O2.C2HF3O2/c1-25-15-8-9-16-14(12-15)13-18(21-16)20(24)22-17-6-2-3-7-19(17)23-10-4-5-11-23;3-2(4,5)1(6)7/h2-3,6-9,12-13,21H,4-5,10-11H2,1H3,(H,22,24);(H,6,7). The number of para-hydroxylation sites is 2. The van der Waals surface area contributed by atoms with Gasteiger partial charge in [-0.15, -0.1) is 0 Å². The number of fused-ring (bicyclic) bond motifs is 1. The Morgan fingerprint density at radius 3 is 2.38 bits per heavy atom. The first-order valence-corrected chi connectivity index (χ1v) is 9.81. The van der Waals surface area contributed by atoms with Gasteiger partial charge in [0.15, 0.2) is 0 Å². The molecular formula is C22H22F3N3O4. The fourth-order valence-corrected chi connectivity index (χ4v) is 3.36. The van der Waals surface area contributed by atoms with Gasteiger partial charge in [-0.3, -0.25) is 4.79 Å². The third-order valence-corrected chi connectivity index (χ3v) is 4.91. The van der Waals surface area contributed by atoms with E-state index in [-0.39, 0.29) is 5.91 Å². The van der Waals surface area contributed by atoms with Gasteiger partial charge in [0.05, 0.1) is 18.5 Å². The summed E-state index contributed by atoms with van der Waals surface area (Å²) in [7, 11) is 1.64. The van der Waals surface area contributed by atoms with Crippen LogP contribution >= 0.6 is 0 Å². The molecule has 2 aromatic carbocycles. The molecule has 1 amide bonds. The predicted octanol–water partition coefficient (Wildman–Crippen LogP) is 4.66. The highest BCUT2D eigenvalue weighted by molar-refractivity contribution is 6.07. The van der Waals surface area contributed by atoms with Crippen LogP contribution in [0.3, 0.4) is 0 Å². The second-order valence-corrected chi connectivity index (χ2v) is 7.10. The number of ether oxygens (including phenoxy) is 1. The highest BCUT2D eigenvalue weighted by Crippen LogP contribution is 2.29. The molecule has 170 valence electrons. The average molecular weight is 449 g/mol. The Morgan fingerprint density at radius 2 is 1.75 bits per heavy atom. The van der Waals surface area contributed by atoms with Crippen LogP contribution in [0.25, 0.3) is 10.9 Å². The first-order valence-electron chi connectivity index (χ1n) is 9.81. The number of carboxylic acid groups (broad SMARTS) is 1. The van der Waals surface area contributed by atoms with Crippen molar-refractivity contribution in [1.82, 2.24) is 4.98 Å². The molecule has 1 aromatic heterocycles. The molecule has 10 heteroatoms. The number of H-pyrrole nitrogens is 1. The molecule has 1 aliphatic rings. The maximum atomic E-state index is 12.7. The van der Waals surface area contributed by atoms with Crippen LogP contribution < -0.4 is 15.0 Å². The Kier molecular flexibility index (Phi) is 6.92. The number of benzene rings is 2. The molecule has 0 atom stereocenters. The lowest BCUT2D eigenvalue weighted by molar-refractivity contribution is -0.192. The largest absolute Gasteiger partial charge is 0.497 e. The maximum absolute atomic E-state index is 12.7. The van der Waals surface area contributed by atoms with Crippen molar-refractivity contribution in [2.24, 2.45) is 0 Å². The number of nitrogens with one attached hydrogen (secondary N) is 2. The number of halogens is 3. The van der Waals surface area contributed by atoms with Crippen LogP contribution in [0, 0.1) is 0 Å². The Morgan fingerprint density at radius 1 is 1.09 bits per heavy atom. The van der Waals surface area contributed by atoms with E-state index in [9.17, 15) is 18.0 Å². The summed E-state index contributed by atoms with van der Waals surface area (Å²) in [6.45, 7) is 2.08. The summed E-state index contributed by atoms with van der Waals surface area (Å²) < 4.78 is 37.0. The summed E-state index contributed by atoms with van der Waals surface area (Å²) in [4.78, 5) is 27.1. The topological polar surface area (TPSA) is 94.7 Å². The number of amides is 1. The Hall–Kier alpha value is -3.69. The quantitative estimate of drug-likeness (QED) is 0.539. The molecule has 2 heterocycles. The third kappa shape index (κ3) is 5.51. The number of anilines is 2. The Balaban J connectivity index is 0.000000360. The Labute approximate surface area is 181 Å². The van der Waals surface area contributed by atoms with E-state index < -0.39 is 12.1 Å². The van der Waals surface area contributed by atoms with Gasteiger partial charge < -0.3 is 25.0 Å². The normalized spacial score (nSPS) is 13.4. The molecule has 3 aromatic rings. The highest BCUT2D eigenvalue weighted by atomic mass is 19.4. The molecule has 1 saturated heterocycles. The number of carbonyl (C=O) groups excluding carboxylic acids is 1. The van der Waals surface area contributed by atoms with E-state index in [1.165, 1.54) is 12.8 Å². The second kappa shape index (κ2) is 9.63. The average Bonchev–Trinajstić information content (AvgIpc) is 3.43. The first kappa shape index (κ1) is 23.0. The monoisotopic (exact) mass is 449 g/mol. The molecule has 0 bridgehead atoms. The van der Waals surface area contributed by atoms with E-state index in [0.717, 1.165) is 41.1 Å². The number of aliphatic carboxylic acids is 1. The van der Waals surface area contributed by atoms with Crippen LogP contribution in [0.1, 0.15) is 23.3 Å². The van der Waals surface area contributed by atoms with Gasteiger partial charge in [-0.05, 0) is 49.2 Å². The van der Waals surface area contributed by atoms with Crippen molar-refractivity contribution in [3.8, 4) is 5.75 Å². The van der Waals surface area contributed by atoms with E-state index in [0.29, 0.717) is 5.69 Å². The molecule has 1 aliphatic heterocycles. The fraction of sp³-hybridized carbons (Fsp3) is 0.273. The minimum Gasteiger partial charge on any atom is -0.497 e. The van der Waals surface area contributed by atoms with Gasteiger partial charge in [-0.2, -0.15) is 13.2 Å². The van der Waals surface area contributed by atoms with Crippen LogP contribution in [0.15, 0.2) is 48.5 Å². The van der Waals surface area contributed by atoms with E-state index in [1.54, 1.807) is 7.11 Å². The number of carboxylic acids is 1. The van der Waals surface area contributed by atoms with Crippen LogP contribution in [0.2, 0.25) is 0 Å². The van der Waals surface area contributed by atoms with Crippen molar-refractivity contribution < 1.29 is 32.6 Å². The summed E-state index contributed by atoms with van der Waals surface area (Å²) in [5.74, 6) is -2.12. The van der Waals surface area contributed by atoms with Crippen LogP contribution in [-0.2, 0) is 4.79 Å². The molecule has 7 nitrogen and oxygen atoms in total. The Bertz CT molecular complexity index is 1110. The van der Waals surface area contributed by atoms with Crippen molar-refractivity contribution in [2.45, 2.75) is 19.0 Å². The van der Waals surface area contributed by atoms with E-state index in [1.807, 2.05) is 42.5 Å². The van der Waals surface area contributed by atoms with Crippen molar-refractivity contribution in [3.05, 3.63) is 54.2 Å². The molecule has 0 unspecified atom stereocenters. The molecule has 0 spiro atoms. The number of rotatable bonds is 4. The molecular weight excluding hydrogens is 427 g/mol. The molecule has 0 aliphatic carbocycles. The maximum Gasteiger partial charge on any atom is 0.490 e. The summed E-state index contributed by atoms with van der Waals surface area (Å²) in [6.07, 6.45) is -2.68. The van der Waals surface area contributed by atoms with Crippen molar-refractivity contribution in [2.75, 3.05) is 30.4 Å². The number of methoxy groups -OCH3 is 1. The van der Waals surface area contributed by atoms with Crippen LogP contribution in [0.5, 0.6) is 5.75 Å². The summed E-state index contributed by atoms with van der Waals surface area (Å²) in [5, 5.41) is 11.1. The minimum atomic E-state index is -5.08. The lowest BCUT2D eigenvalue weighted by atomic mass is 10.2. The van der Waals surface area contributed by atoms with Gasteiger partial charge in [0.2, 0.25) is 0 Å². The molecule has 0 saturated carbocycles. The fourth-order valence-electron chi connectivity index (χ4n) is 3.36. The van der Waals surface area contributed by atoms with Gasteiger partial charge in [0, 0.05) is 24.0 Å². The van der Waals surface area contributed by atoms with Crippen molar-refractivity contribution in [3.63, 3.8) is 0 Å². The molecule has 1 fully saturated rings. The number of alkyl halides is 3. The van der Waals surface area contributed by atoms with Gasteiger partial charge in [-0.25, -0.2) is 4.79 Å². The third-order valence-electron chi connectivity index (χ3n) is 4.91. The number of aromatic amines is 1. The summed E-state index contributed by atoms with van der Waals surface area (Å²) in [6, 6.07) is 15.6. The zero-order valence-corrected chi connectivity index (χ0v) is 17.2. The predicted molar refractivity (Wildman–Crippen MR) is 114 cm³/mol. The van der Waals surface area contributed by atoms with E-state index >= 15 is 0 Å². The zero-order valence-electron chi connectivity index (χ0n) is 17.2. The van der Waals surface area contributed by atoms with Crippen molar-refractivity contribution in [1.29, 1.82) is 0 Å². The van der Waals surface area contributed by atoms with E-state index in [4.69, 9.17) is 14.6 Å². The lowest BCUT2D eigenvalue weighted by Crippen LogP contribution is -2.21. The minimum absolute atomic E-state index is 0.137. The molecule has 4 rings (SSSR count). The molecule has 0 radical (unpaired) electrons. The number of aromatic nitrogens is 1. The summed E-state index contributed by atoms with van der Waals surface area (Å²) in [5.41, 5.74) is 3.40. The zero-order chi connectivity index (χ0) is 23.3. The number of nitrogens with zero attached hydrogens (tertiary/aromatic N) is 1. The van der Waals surface area contributed by atoms with Gasteiger partial charge in [0.1, 0.15) is 11.4 Å². The van der Waals surface area contributed by atoms with Crippen LogP contribution in [-0.4, -0.2) is 48.3 Å². The second-order valence-electron chi connectivity index (χ2n) is 7.10. The number of carbonyl (C=O) groups is 2.